The van der Waals surface area contributed by atoms with E-state index in [9.17, 15) is 116 Å². The van der Waals surface area contributed by atoms with E-state index >= 15 is 0 Å². The van der Waals surface area contributed by atoms with Crippen molar-refractivity contribution < 1.29 is 163 Å². The van der Waals surface area contributed by atoms with Crippen LogP contribution in [0.4, 0.5) is 0 Å². The summed E-state index contributed by atoms with van der Waals surface area (Å²) >= 11 is 0. The van der Waals surface area contributed by atoms with Gasteiger partial charge in [-0.05, 0) is 0 Å². The normalized spacial score (nSPS) is 31.7. The molecule has 4 fully saturated rings. The molecule has 0 aliphatic carbocycles. The second kappa shape index (κ2) is 31.9. The number of rotatable bonds is 20. The molecule has 552 valence electrons. The maximum Gasteiger partial charge on any atom is 0.490 e. The summed E-state index contributed by atoms with van der Waals surface area (Å²) in [6.45, 7) is -3.47. The maximum absolute atomic E-state index is 11.9. The van der Waals surface area contributed by atoms with Crippen LogP contribution in [0.1, 0.15) is 24.9 Å². The number of hydrogen-bond donors (Lipinski definition) is 22. The molecule has 100 heavy (non-hydrogen) atoms. The van der Waals surface area contributed by atoms with E-state index in [1.54, 1.807) is 11.8 Å². The second-order valence-electron chi connectivity index (χ2n) is 20.0. The van der Waals surface area contributed by atoms with Gasteiger partial charge < -0.3 is 109 Å². The Kier molecular flexibility index (Phi) is 26.7. The molecule has 0 saturated carbocycles. The topological polar surface area (TPSA) is 778 Å². The lowest BCUT2D eigenvalue weighted by Gasteiger charge is -2.26. The summed E-state index contributed by atoms with van der Waals surface area (Å²) in [6.07, 6.45) is 5.22. The Bertz CT molecular complexity index is 4370. The van der Waals surface area contributed by atoms with Crippen LogP contribution in [0, 0.1) is 49.4 Å². The molecule has 4 aliphatic rings. The monoisotopic (exact) mass is 1550 g/mol. The molecule has 0 bridgehead atoms. The minimum atomic E-state index is -5.78. The second-order valence-corrected chi connectivity index (χ2v) is 28.8. The van der Waals surface area contributed by atoms with Crippen molar-refractivity contribution in [1.29, 1.82) is 0 Å². The standard InChI is InChI=1S/2C11H15N2O15P3.2C11H12N2O6/c2*1-2-11(17)8(15)6(26-9(11)13-4-3-7(14)12-10(13)16)5-25-30(21,22)28-31(23,24)27-29(18,19)20;2*1-2-11(18)8(16)6(5-14)19-9(11)13-4-3-7(15)12-10(13)17/h2*1,3-4,6,8-9,15,17H,5H2,(H,21,22)(H,23,24)(H,12,14,16)(H2,18,19,20);2*1,3-4,6,8-9,14,16,18H,5H2,(H,12,15,17)/t6-,8-,9-,11+;6-,8-,9-,11-;6-,8-,9-,11+;6-,8-,9-,11-/m1111/s1. The lowest BCUT2D eigenvalue weighted by molar-refractivity contribution is -0.0764. The number of hydrogen-bond acceptors (Lipinski definition) is 34. The Morgan fingerprint density at radius 2 is 0.600 bits per heavy atom. The van der Waals surface area contributed by atoms with Gasteiger partial charge >= 0.3 is 69.7 Å². The lowest BCUT2D eigenvalue weighted by atomic mass is 9.95. The molecule has 0 spiro atoms. The van der Waals surface area contributed by atoms with E-state index in [0.29, 0.717) is 9.13 Å². The summed E-state index contributed by atoms with van der Waals surface area (Å²) in [5.41, 5.74) is -16.3. The highest BCUT2D eigenvalue weighted by atomic mass is 31.3. The van der Waals surface area contributed by atoms with Crippen molar-refractivity contribution in [2.75, 3.05) is 26.4 Å². The van der Waals surface area contributed by atoms with Gasteiger partial charge in [0.15, 0.2) is 47.3 Å². The highest BCUT2D eigenvalue weighted by molar-refractivity contribution is 7.67. The van der Waals surface area contributed by atoms with Crippen molar-refractivity contribution in [3.05, 3.63) is 132 Å². The van der Waals surface area contributed by atoms with Crippen LogP contribution in [-0.4, -0.2) is 226 Å². The lowest BCUT2D eigenvalue weighted by Crippen LogP contribution is -2.48. The molecule has 4 aromatic rings. The Balaban J connectivity index is 0.000000246. The van der Waals surface area contributed by atoms with Crippen molar-refractivity contribution in [3.63, 3.8) is 0 Å². The highest BCUT2D eigenvalue weighted by Gasteiger charge is 2.60. The van der Waals surface area contributed by atoms with Gasteiger partial charge in [0, 0.05) is 49.1 Å². The first kappa shape index (κ1) is 83.9. The number of H-pyrrole nitrogens is 4. The van der Waals surface area contributed by atoms with Crippen LogP contribution >= 0.6 is 46.9 Å². The molecular formula is C44H54N8O42P6. The minimum absolute atomic E-state index is 0.584. The van der Waals surface area contributed by atoms with Gasteiger partial charge in [0.2, 0.25) is 0 Å². The summed E-state index contributed by atoms with van der Waals surface area (Å²) < 4.78 is 114. The third-order valence-electron chi connectivity index (χ3n) is 13.3. The molecular weight excluding hydrogens is 1500 g/mol. The molecule has 8 heterocycles. The van der Waals surface area contributed by atoms with E-state index in [0.717, 1.165) is 58.2 Å². The van der Waals surface area contributed by atoms with Crippen molar-refractivity contribution in [2.24, 2.45) is 0 Å². The molecule has 56 heteroatoms. The van der Waals surface area contributed by atoms with Crippen LogP contribution in [0.2, 0.25) is 0 Å². The molecule has 8 rings (SSSR count). The third-order valence-corrected chi connectivity index (χ3v) is 20.9. The molecule has 4 unspecified atom stereocenters. The smallest absolute Gasteiger partial charge is 0.394 e. The molecule has 0 aromatic carbocycles. The molecule has 22 N–H and O–H groups in total. The van der Waals surface area contributed by atoms with Crippen molar-refractivity contribution in [3.8, 4) is 49.4 Å². The van der Waals surface area contributed by atoms with Crippen LogP contribution in [0.15, 0.2) is 87.4 Å². The zero-order valence-electron chi connectivity index (χ0n) is 49.0. The quantitative estimate of drug-likeness (QED) is 0.0289. The summed E-state index contributed by atoms with van der Waals surface area (Å²) in [5.74, 6) is 7.51. The van der Waals surface area contributed by atoms with Crippen LogP contribution < -0.4 is 45.0 Å². The maximum atomic E-state index is 11.9. The van der Waals surface area contributed by atoms with Gasteiger partial charge in [-0.25, -0.2) is 46.6 Å². The summed E-state index contributed by atoms with van der Waals surface area (Å²) in [4.78, 5) is 170. The van der Waals surface area contributed by atoms with Crippen molar-refractivity contribution >= 4 is 46.9 Å². The number of nitrogens with one attached hydrogen (secondary N) is 4. The predicted molar refractivity (Wildman–Crippen MR) is 314 cm³/mol. The SMILES string of the molecule is C#C[C@@]1(O)[C@H](O)[C@@H](CO)O[C@H]1n1ccc(=O)[nH]c1=O.C#C[C@@]1(O)[C@H](O)[C@@H](COP(=O)(O)OP(=O)(O)OP(=O)(O)O)O[C@H]1n1ccc(=O)[nH]c1=O.C#C[C@]1(O)[C@H](O)[C@@H](CO)O[C@H]1n1ccc(=O)[nH]c1=O.C#C[C@]1(O)[C@H](O)[C@@H](COP(=O)(O)OP(=O)(O)OP(=O)(O)O)O[C@H]1n1ccc(=O)[nH]c1=O. The fourth-order valence-electron chi connectivity index (χ4n) is 8.77. The van der Waals surface area contributed by atoms with E-state index in [2.05, 4.69) is 26.3 Å². The number of ether oxygens (including phenoxy) is 4. The Morgan fingerprint density at radius 3 is 0.790 bits per heavy atom. The van der Waals surface area contributed by atoms with Crippen LogP contribution in [0.3, 0.4) is 0 Å². The number of nitrogens with zero attached hydrogens (tertiary/aromatic N) is 4. The van der Waals surface area contributed by atoms with E-state index < -0.39 is 215 Å². The zero-order chi connectivity index (χ0) is 76.1. The van der Waals surface area contributed by atoms with Gasteiger partial charge in [-0.1, -0.05) is 23.7 Å². The number of aliphatic hydroxyl groups excluding tert-OH is 6. The van der Waals surface area contributed by atoms with Crippen LogP contribution in [0.5, 0.6) is 0 Å². The average molecular weight is 1550 g/mol. The van der Waals surface area contributed by atoms with E-state index in [4.69, 9.17) is 84.2 Å². The van der Waals surface area contributed by atoms with Crippen molar-refractivity contribution in [1.82, 2.24) is 38.2 Å². The van der Waals surface area contributed by atoms with E-state index in [1.165, 1.54) is 0 Å². The molecule has 4 aliphatic heterocycles. The number of aromatic amines is 4. The van der Waals surface area contributed by atoms with Gasteiger partial charge in [0.05, 0.1) is 26.4 Å². The van der Waals surface area contributed by atoms with Gasteiger partial charge in [-0.15, -0.1) is 25.7 Å². The fraction of sp³-hybridized carbons (Fsp3) is 0.455. The first-order valence-corrected chi connectivity index (χ1v) is 35.1. The molecule has 50 nitrogen and oxygen atoms in total. The van der Waals surface area contributed by atoms with Crippen LogP contribution in [0.25, 0.3) is 0 Å². The van der Waals surface area contributed by atoms with Gasteiger partial charge in [-0.2, -0.15) is 17.2 Å². The fourth-order valence-corrected chi connectivity index (χ4v) is 14.8. The number of aromatic nitrogens is 8. The third kappa shape index (κ3) is 19.9. The Morgan fingerprint density at radius 1 is 0.390 bits per heavy atom. The highest BCUT2D eigenvalue weighted by Crippen LogP contribution is 2.67. The molecule has 4 aromatic heterocycles. The zero-order valence-corrected chi connectivity index (χ0v) is 54.4. The number of phosphoric acid groups is 6. The first-order chi connectivity index (χ1) is 45.9. The first-order valence-electron chi connectivity index (χ1n) is 26.1. The number of aliphatic hydroxyl groups is 10. The molecule has 0 amide bonds. The summed E-state index contributed by atoms with van der Waals surface area (Å²) in [5, 5.41) is 99.6. The minimum Gasteiger partial charge on any atom is -0.394 e. The largest absolute Gasteiger partial charge is 0.490 e. The van der Waals surface area contributed by atoms with E-state index in [1.807, 2.05) is 31.8 Å². The van der Waals surface area contributed by atoms with E-state index in [-0.39, 0.29) is 0 Å². The van der Waals surface area contributed by atoms with Crippen LogP contribution in [-0.2, 0) is 72.6 Å². The molecule has 4 saturated heterocycles. The molecule has 0 radical (unpaired) electrons. The Labute approximate surface area is 550 Å². The Hall–Kier alpha value is -6.78. The number of terminal acetylenes is 4. The molecule has 20 atom stereocenters. The number of phosphoric ester groups is 2. The van der Waals surface area contributed by atoms with Gasteiger partial charge in [0.1, 0.15) is 48.8 Å². The van der Waals surface area contributed by atoms with Gasteiger partial charge in [-0.3, -0.25) is 66.4 Å². The summed E-state index contributed by atoms with van der Waals surface area (Å²) in [6, 6.07) is 3.82. The van der Waals surface area contributed by atoms with Crippen molar-refractivity contribution in [2.45, 2.75) is 96.1 Å². The summed E-state index contributed by atoms with van der Waals surface area (Å²) in [7, 11) is -33.9. The average Bonchev–Trinajstić information content (AvgIpc) is 1.63. The van der Waals surface area contributed by atoms with Gasteiger partial charge in [0.25, 0.3) is 22.2 Å². The predicted octanol–water partition coefficient (Wildman–Crippen LogP) is -10.7.